The summed E-state index contributed by atoms with van der Waals surface area (Å²) >= 11 is 0. The molecule has 0 aromatic rings. The number of carbonyl (C=O) groups excluding carboxylic acids is 2. The highest BCUT2D eigenvalue weighted by molar-refractivity contribution is 5.83. The lowest BCUT2D eigenvalue weighted by Crippen LogP contribution is -2.43. The van der Waals surface area contributed by atoms with E-state index in [4.69, 9.17) is 9.84 Å². The molecule has 1 N–H and O–H groups in total. The van der Waals surface area contributed by atoms with Gasteiger partial charge in [0.1, 0.15) is 12.3 Å². The molecule has 0 aliphatic rings. The van der Waals surface area contributed by atoms with Gasteiger partial charge in [0.2, 0.25) is 0 Å². The van der Waals surface area contributed by atoms with Gasteiger partial charge in [-0.1, -0.05) is 13.3 Å². The number of likely N-dealkylation sites (N-methyl/N-ethyl adjacent to an activating group) is 1. The highest BCUT2D eigenvalue weighted by atomic mass is 16.5. The summed E-state index contributed by atoms with van der Waals surface area (Å²) in [5, 5.41) is 8.86. The van der Waals surface area contributed by atoms with Crippen LogP contribution < -0.4 is 0 Å². The second-order valence-electron chi connectivity index (χ2n) is 6.32. The molecule has 122 valence electrons. The summed E-state index contributed by atoms with van der Waals surface area (Å²) in [6.45, 7) is 2.42. The van der Waals surface area contributed by atoms with Crippen LogP contribution >= 0.6 is 0 Å². The van der Waals surface area contributed by atoms with Crippen LogP contribution in [0.3, 0.4) is 0 Å². The number of esters is 1. The molecule has 0 rings (SSSR count). The lowest BCUT2D eigenvalue weighted by molar-refractivity contribution is -0.873. The molecule has 0 heterocycles. The standard InChI is InChI=1S/C15H27NO5/c1-5-6-7-12(17)8-9-15(20)21-13(10-14(18)19)11-16(2,3)4/h13H,5-11H2,1-4H3/p+1. The number of carboxylic acid groups (broad SMARTS) is 1. The number of carboxylic acids is 1. The zero-order valence-corrected chi connectivity index (χ0v) is 13.6. The van der Waals surface area contributed by atoms with Gasteiger partial charge in [-0.25, -0.2) is 0 Å². The Balaban J connectivity index is 4.27. The van der Waals surface area contributed by atoms with Crippen molar-refractivity contribution in [1.29, 1.82) is 0 Å². The zero-order chi connectivity index (χ0) is 16.5. The van der Waals surface area contributed by atoms with Crippen LogP contribution in [0.15, 0.2) is 0 Å². The number of Topliss-reactive ketones (excluding diaryl/α,β-unsaturated/α-hetero) is 1. The Morgan fingerprint density at radius 1 is 1.10 bits per heavy atom. The smallest absolute Gasteiger partial charge is 0.307 e. The van der Waals surface area contributed by atoms with Crippen molar-refractivity contribution in [2.45, 2.75) is 51.6 Å². The minimum absolute atomic E-state index is 0.0236. The maximum atomic E-state index is 11.7. The maximum Gasteiger partial charge on any atom is 0.307 e. The van der Waals surface area contributed by atoms with E-state index >= 15 is 0 Å². The summed E-state index contributed by atoms with van der Waals surface area (Å²) in [5.41, 5.74) is 0. The van der Waals surface area contributed by atoms with E-state index in [9.17, 15) is 14.4 Å². The van der Waals surface area contributed by atoms with Gasteiger partial charge in [0.25, 0.3) is 0 Å². The summed E-state index contributed by atoms with van der Waals surface area (Å²) in [7, 11) is 5.70. The number of rotatable bonds is 11. The molecule has 0 bridgehead atoms. The van der Waals surface area contributed by atoms with E-state index in [-0.39, 0.29) is 25.0 Å². The van der Waals surface area contributed by atoms with Crippen LogP contribution in [-0.2, 0) is 19.1 Å². The molecule has 0 fully saturated rings. The summed E-state index contributed by atoms with van der Waals surface area (Å²) < 4.78 is 5.71. The van der Waals surface area contributed by atoms with Crippen LogP contribution in [-0.4, -0.2) is 61.1 Å². The summed E-state index contributed by atoms with van der Waals surface area (Å²) in [5.74, 6) is -1.45. The molecule has 0 aliphatic heterocycles. The minimum atomic E-state index is -1.000. The molecular formula is C15H28NO5+. The predicted molar refractivity (Wildman–Crippen MR) is 78.8 cm³/mol. The first-order valence-electron chi connectivity index (χ1n) is 7.37. The van der Waals surface area contributed by atoms with Crippen molar-refractivity contribution in [2.24, 2.45) is 0 Å². The zero-order valence-electron chi connectivity index (χ0n) is 13.6. The second-order valence-corrected chi connectivity index (χ2v) is 6.32. The average Bonchev–Trinajstić information content (AvgIpc) is 2.30. The van der Waals surface area contributed by atoms with Gasteiger partial charge in [-0.05, 0) is 6.42 Å². The van der Waals surface area contributed by atoms with Gasteiger partial charge >= 0.3 is 11.9 Å². The first-order valence-corrected chi connectivity index (χ1v) is 7.37. The number of hydrogen-bond donors (Lipinski definition) is 1. The van der Waals surface area contributed by atoms with Crippen molar-refractivity contribution in [3.8, 4) is 0 Å². The fourth-order valence-corrected chi connectivity index (χ4v) is 1.93. The number of unbranched alkanes of at least 4 members (excludes halogenated alkanes) is 1. The Bertz CT molecular complexity index is 360. The maximum absolute atomic E-state index is 11.7. The topological polar surface area (TPSA) is 80.7 Å². The Kier molecular flexibility index (Phi) is 8.85. The third-order valence-corrected chi connectivity index (χ3v) is 2.87. The Hall–Kier alpha value is -1.43. The van der Waals surface area contributed by atoms with Gasteiger partial charge in [0.15, 0.2) is 6.10 Å². The molecule has 1 unspecified atom stereocenters. The van der Waals surface area contributed by atoms with Gasteiger partial charge in [-0.2, -0.15) is 0 Å². The van der Waals surface area contributed by atoms with Crippen molar-refractivity contribution in [1.82, 2.24) is 0 Å². The van der Waals surface area contributed by atoms with Crippen LogP contribution in [0.5, 0.6) is 0 Å². The summed E-state index contributed by atoms with van der Waals surface area (Å²) in [6.07, 6.45) is 1.57. The molecule has 0 amide bonds. The number of hydrogen-bond acceptors (Lipinski definition) is 4. The highest BCUT2D eigenvalue weighted by Crippen LogP contribution is 2.08. The predicted octanol–water partition coefficient (Wildman–Crippen LogP) is 1.62. The molecule has 0 aromatic heterocycles. The van der Waals surface area contributed by atoms with E-state index < -0.39 is 18.0 Å². The van der Waals surface area contributed by atoms with Crippen LogP contribution in [0.25, 0.3) is 0 Å². The van der Waals surface area contributed by atoms with E-state index in [1.807, 2.05) is 28.1 Å². The fourth-order valence-electron chi connectivity index (χ4n) is 1.93. The van der Waals surface area contributed by atoms with E-state index in [1.54, 1.807) is 0 Å². The minimum Gasteiger partial charge on any atom is -0.481 e. The van der Waals surface area contributed by atoms with Crippen molar-refractivity contribution < 1.29 is 28.7 Å². The van der Waals surface area contributed by atoms with Crippen molar-refractivity contribution >= 4 is 17.7 Å². The van der Waals surface area contributed by atoms with Crippen molar-refractivity contribution in [3.05, 3.63) is 0 Å². The summed E-state index contributed by atoms with van der Waals surface area (Å²) in [6, 6.07) is 0. The number of aliphatic carboxylic acids is 1. The highest BCUT2D eigenvalue weighted by Gasteiger charge is 2.24. The molecule has 6 heteroatoms. The van der Waals surface area contributed by atoms with E-state index in [1.165, 1.54) is 0 Å². The first kappa shape index (κ1) is 19.6. The molecule has 0 aliphatic carbocycles. The number of quaternary nitrogens is 1. The molecule has 21 heavy (non-hydrogen) atoms. The largest absolute Gasteiger partial charge is 0.481 e. The quantitative estimate of drug-likeness (QED) is 0.463. The van der Waals surface area contributed by atoms with Gasteiger partial charge < -0.3 is 14.3 Å². The number of carbonyl (C=O) groups is 3. The Labute approximate surface area is 126 Å². The van der Waals surface area contributed by atoms with Crippen molar-refractivity contribution in [2.75, 3.05) is 27.7 Å². The molecular weight excluding hydrogens is 274 g/mol. The molecule has 0 radical (unpaired) electrons. The van der Waals surface area contributed by atoms with Gasteiger partial charge in [0, 0.05) is 12.8 Å². The molecule has 0 aromatic carbocycles. The van der Waals surface area contributed by atoms with Gasteiger partial charge in [-0.3, -0.25) is 14.4 Å². The van der Waals surface area contributed by atoms with Gasteiger partial charge in [0.05, 0.1) is 34.0 Å². The van der Waals surface area contributed by atoms with E-state index in [0.29, 0.717) is 17.4 Å². The van der Waals surface area contributed by atoms with Gasteiger partial charge in [-0.15, -0.1) is 0 Å². The third-order valence-electron chi connectivity index (χ3n) is 2.87. The first-order chi connectivity index (χ1) is 9.64. The van der Waals surface area contributed by atoms with Crippen LogP contribution in [0.4, 0.5) is 0 Å². The summed E-state index contributed by atoms with van der Waals surface area (Å²) in [4.78, 5) is 34.0. The molecule has 0 saturated carbocycles. The second kappa shape index (κ2) is 9.50. The van der Waals surface area contributed by atoms with Crippen LogP contribution in [0.1, 0.15) is 45.4 Å². The third kappa shape index (κ3) is 12.1. The number of nitrogens with zero attached hydrogens (tertiary/aromatic N) is 1. The number of ether oxygens (including phenoxy) is 1. The normalized spacial score (nSPS) is 12.8. The molecule has 6 nitrogen and oxygen atoms in total. The van der Waals surface area contributed by atoms with Crippen molar-refractivity contribution in [3.63, 3.8) is 0 Å². The monoisotopic (exact) mass is 302 g/mol. The van der Waals surface area contributed by atoms with E-state index in [2.05, 4.69) is 0 Å². The Morgan fingerprint density at radius 3 is 2.19 bits per heavy atom. The van der Waals surface area contributed by atoms with Crippen LogP contribution in [0, 0.1) is 0 Å². The molecule has 0 spiro atoms. The SMILES string of the molecule is CCCCC(=O)CCC(=O)OC(CC(=O)O)C[N+](C)(C)C. The molecule has 1 atom stereocenters. The fraction of sp³-hybridized carbons (Fsp3) is 0.800. The number of ketones is 1. The Morgan fingerprint density at radius 2 is 1.71 bits per heavy atom. The molecule has 0 saturated heterocycles. The van der Waals surface area contributed by atoms with E-state index in [0.717, 1.165) is 12.8 Å². The lowest BCUT2D eigenvalue weighted by atomic mass is 10.1. The lowest BCUT2D eigenvalue weighted by Gasteiger charge is -2.28. The van der Waals surface area contributed by atoms with Crippen LogP contribution in [0.2, 0.25) is 0 Å². The average molecular weight is 302 g/mol.